The number of hydrogen-bond donors (Lipinski definition) is 1. The van der Waals surface area contributed by atoms with Crippen LogP contribution in [0.25, 0.3) is 11.1 Å². The number of carbonyl (C=O) groups is 1. The molecule has 3 heterocycles. The number of amides is 1. The highest BCUT2D eigenvalue weighted by molar-refractivity contribution is 7.15. The van der Waals surface area contributed by atoms with Gasteiger partial charge in [0.25, 0.3) is 5.91 Å². The number of anilines is 2. The predicted octanol–water partition coefficient (Wildman–Crippen LogP) is 3.29. The number of nitrogens with zero attached hydrogens (tertiary/aromatic N) is 5. The van der Waals surface area contributed by atoms with E-state index in [-0.39, 0.29) is 10.8 Å². The number of halogens is 2. The van der Waals surface area contributed by atoms with E-state index in [1.54, 1.807) is 18.5 Å². The molecule has 0 unspecified atom stereocenters. The van der Waals surface area contributed by atoms with Gasteiger partial charge < -0.3 is 15.0 Å². The van der Waals surface area contributed by atoms with Gasteiger partial charge in [0.1, 0.15) is 5.82 Å². The maximum absolute atomic E-state index is 13.0. The summed E-state index contributed by atoms with van der Waals surface area (Å²) in [6, 6.07) is 5.44. The molecule has 1 amide bonds. The topological polar surface area (TPSA) is 93.1 Å². The summed E-state index contributed by atoms with van der Waals surface area (Å²) in [5.41, 5.74) is 1.15. The fraction of sp³-hybridized carbons (Fsp3) is 0.211. The molecular formula is C19H16ClFN6O2S. The quantitative estimate of drug-likeness (QED) is 0.642. The lowest BCUT2D eigenvalue weighted by Gasteiger charge is -2.26. The Hall–Kier alpha value is -2.95. The standard InChI is InChI=1S/C19H16ClFN6O2S/c20-15(9-12-10-22-19(23-11-12)27-5-7-29-8-6-27)17-25-26-18(30-17)16(28)24-14-3-1-13(21)2-4-14/h1-4,9-11H,5-8H2,(H,24,28)/b15-9-. The lowest BCUT2D eigenvalue weighted by molar-refractivity contribution is 0.102. The molecule has 1 aliphatic rings. The van der Waals surface area contributed by atoms with Crippen LogP contribution in [0, 0.1) is 5.82 Å². The number of rotatable bonds is 5. The van der Waals surface area contributed by atoms with Crippen molar-refractivity contribution >= 4 is 51.6 Å². The van der Waals surface area contributed by atoms with Crippen molar-refractivity contribution in [1.82, 2.24) is 20.2 Å². The van der Waals surface area contributed by atoms with E-state index in [2.05, 4.69) is 30.4 Å². The van der Waals surface area contributed by atoms with E-state index in [0.717, 1.165) is 24.4 Å². The molecule has 1 fully saturated rings. The third kappa shape index (κ3) is 4.96. The second-order valence-electron chi connectivity index (χ2n) is 6.28. The average molecular weight is 447 g/mol. The van der Waals surface area contributed by atoms with E-state index >= 15 is 0 Å². The molecule has 11 heteroatoms. The van der Waals surface area contributed by atoms with Crippen LogP contribution in [0.1, 0.15) is 20.4 Å². The molecule has 0 atom stereocenters. The van der Waals surface area contributed by atoms with Crippen LogP contribution in [0.15, 0.2) is 36.7 Å². The van der Waals surface area contributed by atoms with E-state index in [0.29, 0.717) is 40.5 Å². The number of ether oxygens (including phenoxy) is 1. The van der Waals surface area contributed by atoms with Gasteiger partial charge in [-0.1, -0.05) is 22.9 Å². The first kappa shape index (κ1) is 20.3. The van der Waals surface area contributed by atoms with Gasteiger partial charge in [0.2, 0.25) is 11.0 Å². The highest BCUT2D eigenvalue weighted by Gasteiger charge is 2.16. The number of aromatic nitrogens is 4. The molecule has 154 valence electrons. The van der Waals surface area contributed by atoms with Gasteiger partial charge >= 0.3 is 0 Å². The second-order valence-corrected chi connectivity index (χ2v) is 7.67. The smallest absolute Gasteiger partial charge is 0.286 e. The number of benzene rings is 1. The van der Waals surface area contributed by atoms with Crippen LogP contribution in [0.4, 0.5) is 16.0 Å². The Morgan fingerprint density at radius 3 is 2.50 bits per heavy atom. The Kier molecular flexibility index (Phi) is 6.26. The summed E-state index contributed by atoms with van der Waals surface area (Å²) in [7, 11) is 0. The first-order valence-electron chi connectivity index (χ1n) is 9.01. The van der Waals surface area contributed by atoms with Crippen molar-refractivity contribution in [2.45, 2.75) is 0 Å². The summed E-state index contributed by atoms with van der Waals surface area (Å²) >= 11 is 7.38. The molecule has 0 spiro atoms. The molecule has 4 rings (SSSR count). The molecule has 1 aromatic carbocycles. The summed E-state index contributed by atoms with van der Waals surface area (Å²) in [4.78, 5) is 23.1. The largest absolute Gasteiger partial charge is 0.378 e. The molecular weight excluding hydrogens is 431 g/mol. The third-order valence-corrected chi connectivity index (χ3v) is 5.53. The molecule has 8 nitrogen and oxygen atoms in total. The van der Waals surface area contributed by atoms with Crippen LogP contribution in [-0.2, 0) is 4.74 Å². The minimum Gasteiger partial charge on any atom is -0.378 e. The zero-order valence-electron chi connectivity index (χ0n) is 15.6. The Morgan fingerprint density at radius 2 is 1.80 bits per heavy atom. The molecule has 0 radical (unpaired) electrons. The normalized spacial score (nSPS) is 14.6. The number of carbonyl (C=O) groups excluding carboxylic acids is 1. The van der Waals surface area contributed by atoms with Gasteiger partial charge in [0.15, 0.2) is 5.01 Å². The molecule has 3 aromatic rings. The lowest BCUT2D eigenvalue weighted by atomic mass is 10.3. The average Bonchev–Trinajstić information content (AvgIpc) is 3.27. The van der Waals surface area contributed by atoms with Gasteiger partial charge in [0.05, 0.1) is 18.2 Å². The summed E-state index contributed by atoms with van der Waals surface area (Å²) in [5, 5.41) is 11.3. The zero-order chi connectivity index (χ0) is 20.9. The number of hydrogen-bond acceptors (Lipinski definition) is 8. The third-order valence-electron chi connectivity index (χ3n) is 4.17. The molecule has 0 saturated carbocycles. The Morgan fingerprint density at radius 1 is 1.13 bits per heavy atom. The summed E-state index contributed by atoms with van der Waals surface area (Å²) in [6.45, 7) is 2.82. The predicted molar refractivity (Wildman–Crippen MR) is 113 cm³/mol. The highest BCUT2D eigenvalue weighted by atomic mass is 35.5. The molecule has 30 heavy (non-hydrogen) atoms. The molecule has 0 aliphatic carbocycles. The number of nitrogens with one attached hydrogen (secondary N) is 1. The lowest BCUT2D eigenvalue weighted by Crippen LogP contribution is -2.37. The van der Waals surface area contributed by atoms with E-state index in [1.165, 1.54) is 24.3 Å². The maximum atomic E-state index is 13.0. The van der Waals surface area contributed by atoms with Crippen LogP contribution in [0.5, 0.6) is 0 Å². The SMILES string of the molecule is O=C(Nc1ccc(F)cc1)c1nnc(/C(Cl)=C/c2cnc(N3CCOCC3)nc2)s1. The van der Waals surface area contributed by atoms with Gasteiger partial charge in [-0.25, -0.2) is 14.4 Å². The minimum absolute atomic E-state index is 0.139. The van der Waals surface area contributed by atoms with Crippen LogP contribution >= 0.6 is 22.9 Å². The zero-order valence-corrected chi connectivity index (χ0v) is 17.2. The summed E-state index contributed by atoms with van der Waals surface area (Å²) in [6.07, 6.45) is 5.00. The van der Waals surface area contributed by atoms with Crippen molar-refractivity contribution in [2.24, 2.45) is 0 Å². The van der Waals surface area contributed by atoms with Crippen molar-refractivity contribution in [3.8, 4) is 0 Å². The minimum atomic E-state index is -0.451. The van der Waals surface area contributed by atoms with Crippen LogP contribution in [0.3, 0.4) is 0 Å². The first-order valence-corrected chi connectivity index (χ1v) is 10.2. The van der Waals surface area contributed by atoms with Gasteiger partial charge in [0, 0.05) is 36.7 Å². The van der Waals surface area contributed by atoms with E-state index in [9.17, 15) is 9.18 Å². The Balaban J connectivity index is 1.42. The molecule has 1 aliphatic heterocycles. The Labute approximate surface area is 180 Å². The van der Waals surface area contributed by atoms with Gasteiger partial charge in [-0.3, -0.25) is 4.79 Å². The molecule has 2 aromatic heterocycles. The summed E-state index contributed by atoms with van der Waals surface area (Å²) < 4.78 is 18.3. The summed E-state index contributed by atoms with van der Waals surface area (Å²) in [5.74, 6) is -0.194. The first-order chi connectivity index (χ1) is 14.6. The van der Waals surface area contributed by atoms with E-state index in [4.69, 9.17) is 16.3 Å². The Bertz CT molecular complexity index is 1050. The van der Waals surface area contributed by atoms with Gasteiger partial charge in [-0.15, -0.1) is 10.2 Å². The fourth-order valence-corrected chi connectivity index (χ4v) is 3.60. The second kappa shape index (κ2) is 9.24. The van der Waals surface area contributed by atoms with Crippen molar-refractivity contribution in [3.05, 3.63) is 58.1 Å². The molecule has 1 saturated heterocycles. The molecule has 0 bridgehead atoms. The van der Waals surface area contributed by atoms with Crippen LogP contribution in [-0.4, -0.2) is 52.4 Å². The fourth-order valence-electron chi connectivity index (χ4n) is 2.67. The van der Waals surface area contributed by atoms with E-state index < -0.39 is 5.91 Å². The van der Waals surface area contributed by atoms with E-state index in [1.807, 2.05) is 0 Å². The highest BCUT2D eigenvalue weighted by Crippen LogP contribution is 2.26. The molecule has 1 N–H and O–H groups in total. The number of morpholine rings is 1. The van der Waals surface area contributed by atoms with Crippen molar-refractivity contribution < 1.29 is 13.9 Å². The van der Waals surface area contributed by atoms with Crippen molar-refractivity contribution in [2.75, 3.05) is 36.5 Å². The van der Waals surface area contributed by atoms with Gasteiger partial charge in [-0.05, 0) is 30.3 Å². The van der Waals surface area contributed by atoms with Gasteiger partial charge in [-0.2, -0.15) is 0 Å². The van der Waals surface area contributed by atoms with Crippen LogP contribution in [0.2, 0.25) is 0 Å². The van der Waals surface area contributed by atoms with Crippen molar-refractivity contribution in [1.29, 1.82) is 0 Å². The monoisotopic (exact) mass is 446 g/mol. The van der Waals surface area contributed by atoms with Crippen LogP contribution < -0.4 is 10.2 Å². The van der Waals surface area contributed by atoms with Crippen molar-refractivity contribution in [3.63, 3.8) is 0 Å². The maximum Gasteiger partial charge on any atom is 0.286 e.